The second-order valence-corrected chi connectivity index (χ2v) is 3.78. The maximum absolute atomic E-state index is 10.6. The molecule has 1 aromatic heterocycles. The summed E-state index contributed by atoms with van der Waals surface area (Å²) in [6, 6.07) is 5.70. The first kappa shape index (κ1) is 9.83. The molecule has 6 nitrogen and oxygen atoms in total. The highest BCUT2D eigenvalue weighted by molar-refractivity contribution is 5.83. The lowest BCUT2D eigenvalue weighted by Crippen LogP contribution is -1.98. The quantitative estimate of drug-likeness (QED) is 0.812. The number of rotatable bonds is 2. The summed E-state index contributed by atoms with van der Waals surface area (Å²) in [5.41, 5.74) is 3.02. The molecule has 1 aliphatic rings. The fraction of sp³-hybridized carbons (Fsp3) is 0.182. The van der Waals surface area contributed by atoms with Gasteiger partial charge in [-0.2, -0.15) is 4.98 Å². The minimum Gasteiger partial charge on any atom is -0.475 e. The van der Waals surface area contributed by atoms with Gasteiger partial charge in [0, 0.05) is 17.8 Å². The second-order valence-electron chi connectivity index (χ2n) is 3.78. The van der Waals surface area contributed by atoms with Crippen LogP contribution in [0.2, 0.25) is 0 Å². The van der Waals surface area contributed by atoms with Crippen molar-refractivity contribution in [2.45, 2.75) is 6.42 Å². The molecule has 2 N–H and O–H groups in total. The molecule has 0 aliphatic carbocycles. The number of carboxylic acid groups (broad SMARTS) is 1. The van der Waals surface area contributed by atoms with Crippen molar-refractivity contribution in [3.63, 3.8) is 0 Å². The van der Waals surface area contributed by atoms with Gasteiger partial charge in [0.2, 0.25) is 0 Å². The normalized spacial score (nSPS) is 13.2. The Balaban J connectivity index is 2.00. The van der Waals surface area contributed by atoms with Crippen LogP contribution in [-0.2, 0) is 6.42 Å². The summed E-state index contributed by atoms with van der Waals surface area (Å²) in [6.45, 7) is 0.920. The zero-order chi connectivity index (χ0) is 11.8. The van der Waals surface area contributed by atoms with Crippen LogP contribution < -0.4 is 5.32 Å². The summed E-state index contributed by atoms with van der Waals surface area (Å²) in [5, 5.41) is 15.3. The lowest BCUT2D eigenvalue weighted by molar-refractivity contribution is 0.0680. The summed E-state index contributed by atoms with van der Waals surface area (Å²) in [5.74, 6) is -1.28. The molecule has 6 heteroatoms. The van der Waals surface area contributed by atoms with E-state index in [0.29, 0.717) is 0 Å². The Hall–Kier alpha value is -2.37. The van der Waals surface area contributed by atoms with Gasteiger partial charge in [0.05, 0.1) is 0 Å². The molecular weight excluding hydrogens is 222 g/mol. The van der Waals surface area contributed by atoms with Crippen molar-refractivity contribution in [2.75, 3.05) is 11.9 Å². The molecule has 0 saturated heterocycles. The van der Waals surface area contributed by atoms with Gasteiger partial charge in [-0.3, -0.25) is 0 Å². The number of nitrogens with one attached hydrogen (secondary N) is 1. The number of fused-ring (bicyclic) bond motifs is 1. The molecule has 0 saturated carbocycles. The Morgan fingerprint density at radius 1 is 1.47 bits per heavy atom. The van der Waals surface area contributed by atoms with Crippen molar-refractivity contribution in [3.05, 3.63) is 29.6 Å². The van der Waals surface area contributed by atoms with E-state index in [0.717, 1.165) is 24.2 Å². The van der Waals surface area contributed by atoms with Crippen LogP contribution in [0.25, 0.3) is 11.5 Å². The average molecular weight is 231 g/mol. The third-order valence-corrected chi connectivity index (χ3v) is 2.68. The number of carboxylic acids is 1. The van der Waals surface area contributed by atoms with E-state index in [2.05, 4.69) is 15.5 Å². The maximum atomic E-state index is 10.6. The van der Waals surface area contributed by atoms with Gasteiger partial charge in [0.15, 0.2) is 0 Å². The molecule has 86 valence electrons. The highest BCUT2D eigenvalue weighted by atomic mass is 16.5. The first-order chi connectivity index (χ1) is 8.24. The molecule has 2 heterocycles. The average Bonchev–Trinajstić information content (AvgIpc) is 2.97. The van der Waals surface area contributed by atoms with E-state index >= 15 is 0 Å². The van der Waals surface area contributed by atoms with Gasteiger partial charge in [0.1, 0.15) is 0 Å². The molecule has 0 radical (unpaired) electrons. The number of hydrogen-bond acceptors (Lipinski definition) is 5. The minimum atomic E-state index is -1.19. The van der Waals surface area contributed by atoms with Gasteiger partial charge >= 0.3 is 5.97 Å². The molecule has 0 unspecified atom stereocenters. The first-order valence-electron chi connectivity index (χ1n) is 5.18. The predicted molar refractivity (Wildman–Crippen MR) is 58.9 cm³/mol. The van der Waals surface area contributed by atoms with Gasteiger partial charge in [-0.1, -0.05) is 0 Å². The molecule has 0 spiro atoms. The van der Waals surface area contributed by atoms with E-state index < -0.39 is 5.97 Å². The van der Waals surface area contributed by atoms with Crippen molar-refractivity contribution in [3.8, 4) is 11.5 Å². The van der Waals surface area contributed by atoms with E-state index in [4.69, 9.17) is 9.63 Å². The Bertz CT molecular complexity index is 591. The lowest BCUT2D eigenvalue weighted by Gasteiger charge is -2.00. The van der Waals surface area contributed by atoms with Crippen molar-refractivity contribution in [2.24, 2.45) is 0 Å². The van der Waals surface area contributed by atoms with Crippen molar-refractivity contribution >= 4 is 11.7 Å². The molecular formula is C11H9N3O3. The van der Waals surface area contributed by atoms with E-state index in [-0.39, 0.29) is 11.7 Å². The van der Waals surface area contributed by atoms with E-state index in [1.165, 1.54) is 5.56 Å². The zero-order valence-electron chi connectivity index (χ0n) is 8.80. The number of hydrogen-bond donors (Lipinski definition) is 2. The Labute approximate surface area is 96.3 Å². The van der Waals surface area contributed by atoms with Gasteiger partial charge in [-0.05, 0) is 35.3 Å². The van der Waals surface area contributed by atoms with Crippen LogP contribution in [0.5, 0.6) is 0 Å². The van der Waals surface area contributed by atoms with Crippen LogP contribution in [0.15, 0.2) is 22.7 Å². The lowest BCUT2D eigenvalue weighted by atomic mass is 10.1. The van der Waals surface area contributed by atoms with Crippen LogP contribution in [-0.4, -0.2) is 27.8 Å². The number of benzene rings is 1. The van der Waals surface area contributed by atoms with Crippen LogP contribution >= 0.6 is 0 Å². The highest BCUT2D eigenvalue weighted by Gasteiger charge is 2.16. The monoisotopic (exact) mass is 231 g/mol. The molecule has 1 aliphatic heterocycles. The van der Waals surface area contributed by atoms with Crippen LogP contribution in [0, 0.1) is 0 Å². The van der Waals surface area contributed by atoms with Gasteiger partial charge in [-0.25, -0.2) is 4.79 Å². The number of anilines is 1. The molecule has 17 heavy (non-hydrogen) atoms. The summed E-state index contributed by atoms with van der Waals surface area (Å²) >= 11 is 0. The highest BCUT2D eigenvalue weighted by Crippen LogP contribution is 2.27. The van der Waals surface area contributed by atoms with Crippen molar-refractivity contribution in [1.82, 2.24) is 10.1 Å². The molecule has 0 fully saturated rings. The van der Waals surface area contributed by atoms with E-state index in [1.807, 2.05) is 18.2 Å². The molecule has 2 aromatic rings. The van der Waals surface area contributed by atoms with Crippen molar-refractivity contribution < 1.29 is 14.4 Å². The van der Waals surface area contributed by atoms with Crippen LogP contribution in [0.1, 0.15) is 16.2 Å². The predicted octanol–water partition coefficient (Wildman–Crippen LogP) is 1.40. The largest absolute Gasteiger partial charge is 0.475 e. The Morgan fingerprint density at radius 2 is 2.35 bits per heavy atom. The number of aromatic nitrogens is 2. The fourth-order valence-electron chi connectivity index (χ4n) is 1.87. The summed E-state index contributed by atoms with van der Waals surface area (Å²) < 4.78 is 4.91. The number of nitrogens with zero attached hydrogens (tertiary/aromatic N) is 2. The smallest absolute Gasteiger partial charge is 0.377 e. The first-order valence-corrected chi connectivity index (χ1v) is 5.18. The minimum absolute atomic E-state index is 0.233. The topological polar surface area (TPSA) is 88.2 Å². The third kappa shape index (κ3) is 1.63. The Kier molecular flexibility index (Phi) is 2.07. The zero-order valence-corrected chi connectivity index (χ0v) is 8.80. The molecule has 0 atom stereocenters. The summed E-state index contributed by atoms with van der Waals surface area (Å²) in [4.78, 5) is 14.4. The number of aromatic carboxylic acids is 1. The van der Waals surface area contributed by atoms with E-state index in [1.54, 1.807) is 0 Å². The van der Waals surface area contributed by atoms with Gasteiger partial charge in [0.25, 0.3) is 11.7 Å². The SMILES string of the molecule is O=C(O)c1noc(-c2ccc3c(c2)CCN3)n1. The standard InChI is InChI=1S/C11H9N3O3/c15-11(16)9-13-10(17-14-9)7-1-2-8-6(5-7)3-4-12-8/h1-2,5,12H,3-4H2,(H,15,16). The van der Waals surface area contributed by atoms with Gasteiger partial charge in [-0.15, -0.1) is 0 Å². The second kappa shape index (κ2) is 3.58. The van der Waals surface area contributed by atoms with Crippen molar-refractivity contribution in [1.29, 1.82) is 0 Å². The molecule has 0 amide bonds. The van der Waals surface area contributed by atoms with E-state index in [9.17, 15) is 4.79 Å². The molecule has 0 bridgehead atoms. The molecule has 3 rings (SSSR count). The van der Waals surface area contributed by atoms with Gasteiger partial charge < -0.3 is 14.9 Å². The maximum Gasteiger partial charge on any atom is 0.377 e. The summed E-state index contributed by atoms with van der Waals surface area (Å²) in [7, 11) is 0. The van der Waals surface area contributed by atoms with Crippen LogP contribution in [0.4, 0.5) is 5.69 Å². The van der Waals surface area contributed by atoms with Crippen LogP contribution in [0.3, 0.4) is 0 Å². The number of carbonyl (C=O) groups is 1. The molecule has 1 aromatic carbocycles. The third-order valence-electron chi connectivity index (χ3n) is 2.68. The Morgan fingerprint density at radius 3 is 3.12 bits per heavy atom. The summed E-state index contributed by atoms with van der Waals surface area (Å²) in [6.07, 6.45) is 0.948. The fourth-order valence-corrected chi connectivity index (χ4v) is 1.87.